The van der Waals surface area contributed by atoms with Crippen molar-refractivity contribution in [3.05, 3.63) is 64.7 Å². The van der Waals surface area contributed by atoms with Crippen LogP contribution in [-0.4, -0.2) is 44.2 Å². The molecule has 0 bridgehead atoms. The minimum absolute atomic E-state index is 0.141. The van der Waals surface area contributed by atoms with Gasteiger partial charge < -0.3 is 9.64 Å². The predicted octanol–water partition coefficient (Wildman–Crippen LogP) is 3.38. The number of halogens is 2. The zero-order chi connectivity index (χ0) is 18.7. The van der Waals surface area contributed by atoms with E-state index in [0.29, 0.717) is 13.1 Å². The van der Waals surface area contributed by atoms with Crippen LogP contribution in [0.1, 0.15) is 21.5 Å². The molecule has 1 saturated heterocycles. The lowest BCUT2D eigenvalue weighted by atomic mass is 10.1. The van der Waals surface area contributed by atoms with E-state index in [0.717, 1.165) is 32.8 Å². The third-order valence-corrected chi connectivity index (χ3v) is 4.76. The fourth-order valence-electron chi connectivity index (χ4n) is 3.36. The van der Waals surface area contributed by atoms with Crippen molar-refractivity contribution in [2.24, 2.45) is 0 Å². The van der Waals surface area contributed by atoms with Gasteiger partial charge in [0.2, 0.25) is 0 Å². The van der Waals surface area contributed by atoms with E-state index in [-0.39, 0.29) is 16.8 Å². The van der Waals surface area contributed by atoms with Gasteiger partial charge in [-0.1, -0.05) is 30.3 Å². The molecule has 4 nitrogen and oxygen atoms in total. The lowest BCUT2D eigenvalue weighted by Crippen LogP contribution is -2.46. The van der Waals surface area contributed by atoms with Crippen molar-refractivity contribution < 1.29 is 18.3 Å². The summed E-state index contributed by atoms with van der Waals surface area (Å²) in [6.07, 6.45) is 0. The first-order valence-electron chi connectivity index (χ1n) is 8.59. The summed E-state index contributed by atoms with van der Waals surface area (Å²) in [5, 5.41) is 0. The van der Waals surface area contributed by atoms with Crippen molar-refractivity contribution in [1.82, 2.24) is 4.90 Å². The highest BCUT2D eigenvalue weighted by Crippen LogP contribution is 2.30. The number of carbonyl (C=O) groups excluding carboxylic acids is 1. The highest BCUT2D eigenvalue weighted by atomic mass is 19.1. The number of hydrogen-bond acceptors (Lipinski definition) is 4. The quantitative estimate of drug-likeness (QED) is 0.783. The molecule has 3 rings (SSSR count). The molecule has 0 unspecified atom stereocenters. The van der Waals surface area contributed by atoms with Crippen LogP contribution in [0.5, 0.6) is 0 Å². The molecule has 0 spiro atoms. The maximum atomic E-state index is 14.6. The number of rotatable bonds is 4. The molecule has 6 heteroatoms. The maximum Gasteiger partial charge on any atom is 0.340 e. The zero-order valence-corrected chi connectivity index (χ0v) is 15.0. The van der Waals surface area contributed by atoms with Gasteiger partial charge in [-0.05, 0) is 18.6 Å². The van der Waals surface area contributed by atoms with Crippen LogP contribution in [0.25, 0.3) is 0 Å². The molecule has 1 aliphatic rings. The Balaban J connectivity index is 1.73. The summed E-state index contributed by atoms with van der Waals surface area (Å²) >= 11 is 0. The van der Waals surface area contributed by atoms with Crippen molar-refractivity contribution >= 4 is 11.7 Å². The Labute approximate surface area is 152 Å². The molecular weight excluding hydrogens is 338 g/mol. The van der Waals surface area contributed by atoms with Crippen molar-refractivity contribution in [1.29, 1.82) is 0 Å². The van der Waals surface area contributed by atoms with Crippen molar-refractivity contribution in [3.8, 4) is 0 Å². The third kappa shape index (κ3) is 3.70. The number of esters is 1. The molecule has 138 valence electrons. The first-order chi connectivity index (χ1) is 12.5. The second-order valence-electron chi connectivity index (χ2n) is 6.43. The van der Waals surface area contributed by atoms with Crippen LogP contribution >= 0.6 is 0 Å². The second kappa shape index (κ2) is 7.83. The Kier molecular flexibility index (Phi) is 5.52. The Morgan fingerprint density at radius 1 is 1.12 bits per heavy atom. The van der Waals surface area contributed by atoms with E-state index in [4.69, 9.17) is 0 Å². The van der Waals surface area contributed by atoms with Gasteiger partial charge in [-0.3, -0.25) is 4.90 Å². The molecule has 0 radical (unpaired) electrons. The number of hydrogen-bond donors (Lipinski definition) is 0. The molecule has 0 aromatic heterocycles. The van der Waals surface area contributed by atoms with Crippen LogP contribution in [0.15, 0.2) is 36.4 Å². The van der Waals surface area contributed by atoms with Crippen LogP contribution in [0.3, 0.4) is 0 Å². The van der Waals surface area contributed by atoms with Gasteiger partial charge in [0.25, 0.3) is 0 Å². The predicted molar refractivity (Wildman–Crippen MR) is 96.4 cm³/mol. The summed E-state index contributed by atoms with van der Waals surface area (Å²) in [6, 6.07) is 11.1. The topological polar surface area (TPSA) is 32.8 Å². The van der Waals surface area contributed by atoms with Crippen LogP contribution in [0.2, 0.25) is 0 Å². The van der Waals surface area contributed by atoms with Crippen LogP contribution in [-0.2, 0) is 11.3 Å². The molecule has 0 saturated carbocycles. The number of ether oxygens (including phenoxy) is 1. The molecule has 1 fully saturated rings. The number of methoxy groups -OCH3 is 1. The average Bonchev–Trinajstić information content (AvgIpc) is 2.66. The Hall–Kier alpha value is -2.47. The van der Waals surface area contributed by atoms with E-state index in [1.54, 1.807) is 0 Å². The molecule has 2 aromatic rings. The van der Waals surface area contributed by atoms with Crippen LogP contribution in [0, 0.1) is 18.6 Å². The largest absolute Gasteiger partial charge is 0.465 e. The first kappa shape index (κ1) is 18.3. The van der Waals surface area contributed by atoms with E-state index in [2.05, 4.69) is 21.8 Å². The fraction of sp³-hybridized carbons (Fsp3) is 0.350. The minimum atomic E-state index is -0.872. The molecule has 1 aliphatic heterocycles. The smallest absolute Gasteiger partial charge is 0.340 e. The summed E-state index contributed by atoms with van der Waals surface area (Å²) < 4.78 is 33.6. The standard InChI is InChI=1S/C20H22F2N2O2/c1-14-18(22)16(20(25)26-2)12-17(21)19(14)24-10-8-23(9-11-24)13-15-6-4-3-5-7-15/h3-7,12H,8-11,13H2,1-2H3. The summed E-state index contributed by atoms with van der Waals surface area (Å²) in [7, 11) is 1.15. The minimum Gasteiger partial charge on any atom is -0.465 e. The number of piperazine rings is 1. The van der Waals surface area contributed by atoms with Crippen molar-refractivity contribution in [2.75, 3.05) is 38.2 Å². The summed E-state index contributed by atoms with van der Waals surface area (Å²) in [6.45, 7) is 5.05. The number of carbonyl (C=O) groups is 1. The summed E-state index contributed by atoms with van der Waals surface area (Å²) in [5.74, 6) is -2.19. The van der Waals surface area contributed by atoms with Gasteiger partial charge in [0, 0.05) is 38.3 Å². The average molecular weight is 360 g/mol. The van der Waals surface area contributed by atoms with E-state index in [1.807, 2.05) is 23.1 Å². The monoisotopic (exact) mass is 360 g/mol. The zero-order valence-electron chi connectivity index (χ0n) is 15.0. The summed E-state index contributed by atoms with van der Waals surface area (Å²) in [4.78, 5) is 15.7. The molecular formula is C20H22F2N2O2. The molecule has 0 amide bonds. The Morgan fingerprint density at radius 2 is 1.77 bits per heavy atom. The first-order valence-corrected chi connectivity index (χ1v) is 8.59. The van der Waals surface area contributed by atoms with E-state index in [1.165, 1.54) is 12.5 Å². The van der Waals surface area contributed by atoms with Gasteiger partial charge in [-0.2, -0.15) is 0 Å². The van der Waals surface area contributed by atoms with Gasteiger partial charge in [0.1, 0.15) is 11.6 Å². The van der Waals surface area contributed by atoms with E-state index >= 15 is 0 Å². The SMILES string of the molecule is COC(=O)c1cc(F)c(N2CCN(Cc3ccccc3)CC2)c(C)c1F. The number of anilines is 1. The van der Waals surface area contributed by atoms with Gasteiger partial charge in [0.15, 0.2) is 0 Å². The van der Waals surface area contributed by atoms with Crippen LogP contribution < -0.4 is 4.90 Å². The van der Waals surface area contributed by atoms with Gasteiger partial charge in [-0.15, -0.1) is 0 Å². The number of benzene rings is 2. The van der Waals surface area contributed by atoms with Crippen molar-refractivity contribution in [2.45, 2.75) is 13.5 Å². The van der Waals surface area contributed by atoms with Gasteiger partial charge in [0.05, 0.1) is 18.4 Å². The molecule has 0 aliphatic carbocycles. The maximum absolute atomic E-state index is 14.6. The highest BCUT2D eigenvalue weighted by molar-refractivity contribution is 5.90. The van der Waals surface area contributed by atoms with E-state index in [9.17, 15) is 13.6 Å². The molecule has 0 N–H and O–H groups in total. The van der Waals surface area contributed by atoms with Gasteiger partial charge >= 0.3 is 5.97 Å². The Morgan fingerprint density at radius 3 is 2.38 bits per heavy atom. The van der Waals surface area contributed by atoms with Crippen LogP contribution in [0.4, 0.5) is 14.5 Å². The second-order valence-corrected chi connectivity index (χ2v) is 6.43. The molecule has 2 aromatic carbocycles. The highest BCUT2D eigenvalue weighted by Gasteiger charge is 2.26. The molecule has 0 atom stereocenters. The van der Waals surface area contributed by atoms with E-state index < -0.39 is 17.6 Å². The molecule has 26 heavy (non-hydrogen) atoms. The summed E-state index contributed by atoms with van der Waals surface area (Å²) in [5.41, 5.74) is 1.24. The fourth-order valence-corrected chi connectivity index (χ4v) is 3.36. The Bertz CT molecular complexity index is 788. The number of nitrogens with zero attached hydrogens (tertiary/aromatic N) is 2. The van der Waals surface area contributed by atoms with Gasteiger partial charge in [-0.25, -0.2) is 13.6 Å². The lowest BCUT2D eigenvalue weighted by molar-refractivity contribution is 0.0594. The normalized spacial score (nSPS) is 15.2. The molecule has 1 heterocycles. The third-order valence-electron chi connectivity index (χ3n) is 4.76. The lowest BCUT2D eigenvalue weighted by Gasteiger charge is -2.37. The van der Waals surface area contributed by atoms with Crippen molar-refractivity contribution in [3.63, 3.8) is 0 Å².